The minimum atomic E-state index is -0.498. The summed E-state index contributed by atoms with van der Waals surface area (Å²) in [5.41, 5.74) is 1.69. The van der Waals surface area contributed by atoms with Crippen molar-refractivity contribution in [3.63, 3.8) is 0 Å². The Morgan fingerprint density at radius 1 is 1.06 bits per heavy atom. The number of H-pyrrole nitrogens is 2. The van der Waals surface area contributed by atoms with Gasteiger partial charge in [0.2, 0.25) is 0 Å². The molecule has 32 heavy (non-hydrogen) atoms. The van der Waals surface area contributed by atoms with Gasteiger partial charge in [0, 0.05) is 11.1 Å². The highest BCUT2D eigenvalue weighted by molar-refractivity contribution is 6.12. The number of nitrogens with zero attached hydrogens (tertiary/aromatic N) is 2. The predicted octanol–water partition coefficient (Wildman–Crippen LogP) is 4.94. The zero-order valence-electron chi connectivity index (χ0n) is 16.9. The molecule has 5 rings (SSSR count). The standard InChI is InChI=1S/C24H19N5O3/c30-22-18(23(31)25-16-10-11-19-20(13-16)27-24(32)26-19)12-14-6-4-5-9-17(14)21(22)29-28-15-7-2-1-3-8-15/h1-7,9-13,15,30H,8H2,(H,25,31)(H2,26,27,32). The number of fused-ring (bicyclic) bond motifs is 2. The van der Waals surface area contributed by atoms with Crippen molar-refractivity contribution in [1.82, 2.24) is 9.97 Å². The van der Waals surface area contributed by atoms with E-state index in [9.17, 15) is 14.7 Å². The summed E-state index contributed by atoms with van der Waals surface area (Å²) >= 11 is 0. The zero-order chi connectivity index (χ0) is 22.1. The quantitative estimate of drug-likeness (QED) is 0.346. The molecule has 4 N–H and O–H groups in total. The summed E-state index contributed by atoms with van der Waals surface area (Å²) in [5.74, 6) is -0.737. The Labute approximate surface area is 182 Å². The Balaban J connectivity index is 1.52. The van der Waals surface area contributed by atoms with Gasteiger partial charge >= 0.3 is 5.69 Å². The van der Waals surface area contributed by atoms with Crippen molar-refractivity contribution < 1.29 is 9.90 Å². The van der Waals surface area contributed by atoms with Gasteiger partial charge in [-0.15, -0.1) is 0 Å². The summed E-state index contributed by atoms with van der Waals surface area (Å²) in [4.78, 5) is 29.8. The highest BCUT2D eigenvalue weighted by atomic mass is 16.3. The van der Waals surface area contributed by atoms with E-state index in [1.54, 1.807) is 24.3 Å². The van der Waals surface area contributed by atoms with Gasteiger partial charge in [-0.2, -0.15) is 10.2 Å². The second kappa shape index (κ2) is 7.99. The van der Waals surface area contributed by atoms with Gasteiger partial charge in [0.15, 0.2) is 5.75 Å². The number of aromatic amines is 2. The molecule has 158 valence electrons. The van der Waals surface area contributed by atoms with Gasteiger partial charge in [0.1, 0.15) is 5.69 Å². The van der Waals surface area contributed by atoms with Gasteiger partial charge in [-0.1, -0.05) is 48.6 Å². The average Bonchev–Trinajstić information content (AvgIpc) is 3.18. The Kier molecular flexibility index (Phi) is 4.87. The molecule has 8 heteroatoms. The van der Waals surface area contributed by atoms with E-state index < -0.39 is 5.91 Å². The van der Waals surface area contributed by atoms with Crippen LogP contribution in [0.1, 0.15) is 16.8 Å². The van der Waals surface area contributed by atoms with Gasteiger partial charge in [0.25, 0.3) is 5.91 Å². The van der Waals surface area contributed by atoms with Crippen LogP contribution in [0.15, 0.2) is 87.9 Å². The first-order chi connectivity index (χ1) is 15.6. The van der Waals surface area contributed by atoms with Crippen molar-refractivity contribution in [3.05, 3.63) is 88.9 Å². The van der Waals surface area contributed by atoms with Crippen LogP contribution in [0.3, 0.4) is 0 Å². The molecular formula is C24H19N5O3. The minimum absolute atomic E-state index is 0.0828. The third-order valence-electron chi connectivity index (χ3n) is 5.28. The third-order valence-corrected chi connectivity index (χ3v) is 5.28. The summed E-state index contributed by atoms with van der Waals surface area (Å²) in [6.45, 7) is 0. The molecule has 8 nitrogen and oxygen atoms in total. The van der Waals surface area contributed by atoms with E-state index in [2.05, 4.69) is 25.5 Å². The SMILES string of the molecule is O=C(Nc1ccc2[nH]c(=O)[nH]c2c1)c1cc2ccccc2c(N=NC2C=CC=CC2)c1O. The second-order valence-electron chi connectivity index (χ2n) is 7.47. The molecule has 0 fully saturated rings. The Morgan fingerprint density at radius 3 is 2.75 bits per heavy atom. The van der Waals surface area contributed by atoms with Crippen molar-refractivity contribution in [2.24, 2.45) is 10.2 Å². The van der Waals surface area contributed by atoms with Gasteiger partial charge in [-0.05, 0) is 36.1 Å². The van der Waals surface area contributed by atoms with Crippen LogP contribution in [0.4, 0.5) is 11.4 Å². The van der Waals surface area contributed by atoms with Crippen LogP contribution >= 0.6 is 0 Å². The second-order valence-corrected chi connectivity index (χ2v) is 7.47. The summed E-state index contributed by atoms with van der Waals surface area (Å²) in [7, 11) is 0. The molecule has 1 unspecified atom stereocenters. The maximum atomic E-state index is 13.0. The molecule has 0 saturated carbocycles. The number of hydrogen-bond donors (Lipinski definition) is 4. The van der Waals surface area contributed by atoms with Crippen molar-refractivity contribution in [3.8, 4) is 5.75 Å². The molecule has 1 heterocycles. The number of imidazole rings is 1. The molecule has 1 atom stereocenters. The predicted molar refractivity (Wildman–Crippen MR) is 124 cm³/mol. The van der Waals surface area contributed by atoms with Crippen molar-refractivity contribution in [2.45, 2.75) is 12.5 Å². The Morgan fingerprint density at radius 2 is 1.91 bits per heavy atom. The van der Waals surface area contributed by atoms with Crippen molar-refractivity contribution in [1.29, 1.82) is 0 Å². The molecule has 4 aromatic rings. The first-order valence-electron chi connectivity index (χ1n) is 10.1. The number of rotatable bonds is 4. The van der Waals surface area contributed by atoms with Gasteiger partial charge in [0.05, 0.1) is 22.6 Å². The third kappa shape index (κ3) is 3.69. The molecule has 0 bridgehead atoms. The lowest BCUT2D eigenvalue weighted by molar-refractivity contribution is 0.102. The van der Waals surface area contributed by atoms with E-state index in [0.29, 0.717) is 22.1 Å². The number of phenols is 1. The van der Waals surface area contributed by atoms with Crippen LogP contribution in [-0.2, 0) is 0 Å². The fourth-order valence-electron chi connectivity index (χ4n) is 3.69. The number of allylic oxidation sites excluding steroid dienone is 2. The normalized spacial score (nSPS) is 15.7. The largest absolute Gasteiger partial charge is 0.505 e. The molecule has 0 spiro atoms. The lowest BCUT2D eigenvalue weighted by Gasteiger charge is -2.12. The van der Waals surface area contributed by atoms with Crippen LogP contribution in [0.2, 0.25) is 0 Å². The molecule has 1 amide bonds. The van der Waals surface area contributed by atoms with Crippen LogP contribution < -0.4 is 11.0 Å². The first kappa shape index (κ1) is 19.5. The number of azo groups is 1. The maximum absolute atomic E-state index is 13.0. The molecular weight excluding hydrogens is 406 g/mol. The number of hydrogen-bond acceptors (Lipinski definition) is 5. The highest BCUT2D eigenvalue weighted by Gasteiger charge is 2.19. The number of carbonyl (C=O) groups is 1. The van der Waals surface area contributed by atoms with Crippen molar-refractivity contribution >= 4 is 39.1 Å². The lowest BCUT2D eigenvalue weighted by atomic mass is 10.0. The zero-order valence-corrected chi connectivity index (χ0v) is 16.9. The van der Waals surface area contributed by atoms with E-state index in [1.165, 1.54) is 0 Å². The summed E-state index contributed by atoms with van der Waals surface area (Å²) in [6, 6.07) is 13.9. The number of benzene rings is 3. The Hall–Kier alpha value is -4.46. The maximum Gasteiger partial charge on any atom is 0.323 e. The van der Waals surface area contributed by atoms with E-state index in [1.807, 2.05) is 48.6 Å². The minimum Gasteiger partial charge on any atom is -0.505 e. The molecule has 1 aliphatic rings. The fraction of sp³-hybridized carbons (Fsp3) is 0.0833. The number of aromatic nitrogens is 2. The number of aromatic hydroxyl groups is 1. The van der Waals surface area contributed by atoms with Crippen LogP contribution in [0.25, 0.3) is 21.8 Å². The average molecular weight is 425 g/mol. The van der Waals surface area contributed by atoms with Gasteiger partial charge < -0.3 is 20.4 Å². The smallest absolute Gasteiger partial charge is 0.323 e. The summed E-state index contributed by atoms with van der Waals surface area (Å²) in [5, 5.41) is 23.8. The van der Waals surface area contributed by atoms with Crippen molar-refractivity contribution in [2.75, 3.05) is 5.32 Å². The number of anilines is 1. The molecule has 0 radical (unpaired) electrons. The van der Waals surface area contributed by atoms with Gasteiger partial charge in [-0.25, -0.2) is 4.79 Å². The topological polar surface area (TPSA) is 123 Å². The summed E-state index contributed by atoms with van der Waals surface area (Å²) < 4.78 is 0. The monoisotopic (exact) mass is 425 g/mol. The van der Waals surface area contributed by atoms with E-state index in [4.69, 9.17) is 0 Å². The molecule has 0 saturated heterocycles. The highest BCUT2D eigenvalue weighted by Crippen LogP contribution is 2.39. The fourth-order valence-corrected chi connectivity index (χ4v) is 3.69. The van der Waals surface area contributed by atoms with Gasteiger partial charge in [-0.3, -0.25) is 4.79 Å². The molecule has 1 aliphatic carbocycles. The number of nitrogens with one attached hydrogen (secondary N) is 3. The number of amides is 1. The first-order valence-corrected chi connectivity index (χ1v) is 10.1. The van der Waals surface area contributed by atoms with E-state index >= 15 is 0 Å². The number of phenolic OH excluding ortho intramolecular Hbond substituents is 1. The van der Waals surface area contributed by atoms with E-state index in [-0.39, 0.29) is 28.7 Å². The van der Waals surface area contributed by atoms with Crippen LogP contribution in [-0.4, -0.2) is 27.0 Å². The lowest BCUT2D eigenvalue weighted by Crippen LogP contribution is -2.12. The molecule has 0 aliphatic heterocycles. The van der Waals surface area contributed by atoms with Crippen LogP contribution in [0, 0.1) is 0 Å². The van der Waals surface area contributed by atoms with E-state index in [0.717, 1.165) is 11.8 Å². The Bertz CT molecular complexity index is 1490. The van der Waals surface area contributed by atoms with Crippen LogP contribution in [0.5, 0.6) is 5.75 Å². The molecule has 3 aromatic carbocycles. The molecule has 1 aromatic heterocycles. The summed E-state index contributed by atoms with van der Waals surface area (Å²) in [6.07, 6.45) is 8.51. The number of carbonyl (C=O) groups excluding carboxylic acids is 1.